The highest BCUT2D eigenvalue weighted by molar-refractivity contribution is 7.14. The second kappa shape index (κ2) is 4.57. The fraction of sp³-hybridized carbons (Fsp3) is 0.308. The normalized spacial score (nSPS) is 14.6. The number of benzene rings is 1. The summed E-state index contributed by atoms with van der Waals surface area (Å²) in [7, 11) is 1.58. The highest BCUT2D eigenvalue weighted by atomic mass is 32.1. The Balaban J connectivity index is 1.92. The number of ether oxygens (including phenoxy) is 1. The fourth-order valence-electron chi connectivity index (χ4n) is 1.75. The summed E-state index contributed by atoms with van der Waals surface area (Å²) >= 11 is 1.54. The van der Waals surface area contributed by atoms with E-state index in [4.69, 9.17) is 4.74 Å². The highest BCUT2D eigenvalue weighted by Crippen LogP contribution is 2.34. The van der Waals surface area contributed by atoms with Gasteiger partial charge in [0.15, 0.2) is 5.13 Å². The number of nitrogens with zero attached hydrogens (tertiary/aromatic N) is 1. The van der Waals surface area contributed by atoms with Crippen molar-refractivity contribution < 1.29 is 9.13 Å². The first-order valence-corrected chi connectivity index (χ1v) is 6.70. The van der Waals surface area contributed by atoms with Crippen LogP contribution in [0, 0.1) is 5.82 Å². The monoisotopic (exact) mass is 264 g/mol. The lowest BCUT2D eigenvalue weighted by Crippen LogP contribution is -1.99. The Morgan fingerprint density at radius 3 is 3.00 bits per heavy atom. The molecule has 0 amide bonds. The zero-order chi connectivity index (χ0) is 12.5. The largest absolute Gasteiger partial charge is 0.496 e. The minimum Gasteiger partial charge on any atom is -0.496 e. The van der Waals surface area contributed by atoms with Crippen LogP contribution in [0.5, 0.6) is 5.75 Å². The Kier molecular flexibility index (Phi) is 2.91. The third-order valence-electron chi connectivity index (χ3n) is 2.85. The van der Waals surface area contributed by atoms with Crippen molar-refractivity contribution in [1.29, 1.82) is 0 Å². The third kappa shape index (κ3) is 2.31. The molecule has 5 heteroatoms. The quantitative estimate of drug-likeness (QED) is 0.917. The predicted molar refractivity (Wildman–Crippen MR) is 70.7 cm³/mol. The van der Waals surface area contributed by atoms with Gasteiger partial charge in [-0.3, -0.25) is 0 Å². The molecule has 18 heavy (non-hydrogen) atoms. The zero-order valence-corrected chi connectivity index (χ0v) is 10.8. The van der Waals surface area contributed by atoms with Gasteiger partial charge in [0.2, 0.25) is 0 Å². The number of nitrogens with one attached hydrogen (secondary N) is 1. The smallest absolute Gasteiger partial charge is 0.183 e. The van der Waals surface area contributed by atoms with Crippen molar-refractivity contribution in [2.45, 2.75) is 18.9 Å². The van der Waals surface area contributed by atoms with E-state index in [1.165, 1.54) is 36.3 Å². The van der Waals surface area contributed by atoms with Crippen LogP contribution in [-0.2, 0) is 0 Å². The molecule has 94 valence electrons. The molecule has 1 aromatic carbocycles. The van der Waals surface area contributed by atoms with Gasteiger partial charge in [-0.1, -0.05) is 0 Å². The number of hydrogen-bond donors (Lipinski definition) is 1. The Hall–Kier alpha value is -1.62. The Bertz CT molecular complexity index is 566. The van der Waals surface area contributed by atoms with E-state index in [2.05, 4.69) is 10.3 Å². The molecule has 0 spiro atoms. The molecular weight excluding hydrogens is 251 g/mol. The second-order valence-corrected chi connectivity index (χ2v) is 5.16. The summed E-state index contributed by atoms with van der Waals surface area (Å²) in [4.78, 5) is 4.47. The lowest BCUT2D eigenvalue weighted by Gasteiger charge is -2.05. The van der Waals surface area contributed by atoms with Crippen LogP contribution in [-0.4, -0.2) is 18.1 Å². The Morgan fingerprint density at radius 2 is 2.28 bits per heavy atom. The van der Waals surface area contributed by atoms with E-state index in [0.717, 1.165) is 10.8 Å². The molecule has 1 fully saturated rings. The number of aromatic nitrogens is 1. The summed E-state index contributed by atoms with van der Waals surface area (Å²) in [5.74, 6) is 0.357. The van der Waals surface area contributed by atoms with Gasteiger partial charge in [0.1, 0.15) is 11.6 Å². The first-order chi connectivity index (χ1) is 8.76. The lowest BCUT2D eigenvalue weighted by molar-refractivity contribution is 0.415. The van der Waals surface area contributed by atoms with Crippen LogP contribution < -0.4 is 10.1 Å². The number of thiazole rings is 1. The maximum absolute atomic E-state index is 13.3. The molecule has 0 saturated heterocycles. The number of methoxy groups -OCH3 is 1. The molecule has 3 nitrogen and oxygen atoms in total. The third-order valence-corrected chi connectivity index (χ3v) is 3.62. The minimum atomic E-state index is -0.282. The molecule has 0 radical (unpaired) electrons. The van der Waals surface area contributed by atoms with Gasteiger partial charge < -0.3 is 10.1 Å². The van der Waals surface area contributed by atoms with Crippen LogP contribution in [0.25, 0.3) is 11.3 Å². The minimum absolute atomic E-state index is 0.282. The van der Waals surface area contributed by atoms with Gasteiger partial charge >= 0.3 is 0 Å². The maximum atomic E-state index is 13.3. The van der Waals surface area contributed by atoms with E-state index in [9.17, 15) is 4.39 Å². The van der Waals surface area contributed by atoms with Gasteiger partial charge in [-0.2, -0.15) is 0 Å². The van der Waals surface area contributed by atoms with E-state index in [-0.39, 0.29) is 5.82 Å². The molecule has 1 aromatic heterocycles. The SMILES string of the molecule is COc1ccc(F)cc1-c1csc(NC2CC2)n1. The summed E-state index contributed by atoms with van der Waals surface area (Å²) in [6.07, 6.45) is 2.41. The molecule has 1 aliphatic carbocycles. The number of rotatable bonds is 4. The fourth-order valence-corrected chi connectivity index (χ4v) is 2.54. The number of anilines is 1. The molecular formula is C13H13FN2OS. The number of hydrogen-bond acceptors (Lipinski definition) is 4. The van der Waals surface area contributed by atoms with Gasteiger partial charge in [-0.05, 0) is 31.0 Å². The summed E-state index contributed by atoms with van der Waals surface area (Å²) in [6, 6.07) is 5.03. The van der Waals surface area contributed by atoms with Crippen molar-refractivity contribution in [1.82, 2.24) is 4.98 Å². The standard InChI is InChI=1S/C13H13FN2OS/c1-17-12-5-2-8(14)6-10(12)11-7-18-13(16-11)15-9-3-4-9/h2,5-7,9H,3-4H2,1H3,(H,15,16). The highest BCUT2D eigenvalue weighted by Gasteiger charge is 2.22. The average Bonchev–Trinajstić information content (AvgIpc) is 3.05. The first-order valence-electron chi connectivity index (χ1n) is 5.82. The summed E-state index contributed by atoms with van der Waals surface area (Å²) < 4.78 is 18.5. The summed E-state index contributed by atoms with van der Waals surface area (Å²) in [6.45, 7) is 0. The van der Waals surface area contributed by atoms with E-state index in [0.29, 0.717) is 17.4 Å². The molecule has 1 aliphatic rings. The topological polar surface area (TPSA) is 34.1 Å². The van der Waals surface area contributed by atoms with E-state index >= 15 is 0 Å². The van der Waals surface area contributed by atoms with Crippen LogP contribution >= 0.6 is 11.3 Å². The average molecular weight is 264 g/mol. The van der Waals surface area contributed by atoms with Crippen molar-refractivity contribution in [3.8, 4) is 17.0 Å². The van der Waals surface area contributed by atoms with Gasteiger partial charge in [-0.25, -0.2) is 9.37 Å². The van der Waals surface area contributed by atoms with Crippen molar-refractivity contribution in [2.24, 2.45) is 0 Å². The van der Waals surface area contributed by atoms with Crippen LogP contribution in [0.4, 0.5) is 9.52 Å². The van der Waals surface area contributed by atoms with Crippen molar-refractivity contribution >= 4 is 16.5 Å². The zero-order valence-electron chi connectivity index (χ0n) is 9.94. The Labute approximate surface area is 109 Å². The van der Waals surface area contributed by atoms with Crippen molar-refractivity contribution in [3.63, 3.8) is 0 Å². The molecule has 0 atom stereocenters. The Morgan fingerprint density at radius 1 is 1.44 bits per heavy atom. The molecule has 3 rings (SSSR count). The van der Waals surface area contributed by atoms with E-state index in [1.807, 2.05) is 5.38 Å². The molecule has 2 aromatic rings. The maximum Gasteiger partial charge on any atom is 0.183 e. The van der Waals surface area contributed by atoms with E-state index in [1.54, 1.807) is 13.2 Å². The summed E-state index contributed by atoms with van der Waals surface area (Å²) in [5.41, 5.74) is 1.44. The van der Waals surface area contributed by atoms with Crippen LogP contribution in [0.15, 0.2) is 23.6 Å². The molecule has 0 bridgehead atoms. The van der Waals surface area contributed by atoms with Gasteiger partial charge in [0.25, 0.3) is 0 Å². The summed E-state index contributed by atoms with van der Waals surface area (Å²) in [5, 5.41) is 6.14. The first kappa shape index (κ1) is 11.5. The van der Waals surface area contributed by atoms with E-state index < -0.39 is 0 Å². The van der Waals surface area contributed by atoms with Crippen LogP contribution in [0.1, 0.15) is 12.8 Å². The molecule has 0 aliphatic heterocycles. The van der Waals surface area contributed by atoms with Gasteiger partial charge in [0.05, 0.1) is 12.8 Å². The van der Waals surface area contributed by atoms with Crippen molar-refractivity contribution in [3.05, 3.63) is 29.4 Å². The predicted octanol–water partition coefficient (Wildman–Crippen LogP) is 3.53. The van der Waals surface area contributed by atoms with Gasteiger partial charge in [-0.15, -0.1) is 11.3 Å². The van der Waals surface area contributed by atoms with Crippen molar-refractivity contribution in [2.75, 3.05) is 12.4 Å². The molecule has 1 saturated carbocycles. The van der Waals surface area contributed by atoms with Crippen LogP contribution in [0.2, 0.25) is 0 Å². The number of halogens is 1. The molecule has 0 unspecified atom stereocenters. The van der Waals surface area contributed by atoms with Gasteiger partial charge in [0, 0.05) is 17.0 Å². The lowest BCUT2D eigenvalue weighted by atomic mass is 10.1. The molecule has 1 N–H and O–H groups in total. The molecule has 1 heterocycles. The van der Waals surface area contributed by atoms with Crippen LogP contribution in [0.3, 0.4) is 0 Å². The second-order valence-electron chi connectivity index (χ2n) is 4.30.